The fourth-order valence-corrected chi connectivity index (χ4v) is 5.50. The first-order valence-electron chi connectivity index (χ1n) is 12.2. The summed E-state index contributed by atoms with van der Waals surface area (Å²) in [7, 11) is 0. The Kier molecular flexibility index (Phi) is 8.70. The number of likely N-dealkylation sites (tertiary alicyclic amines) is 2. The zero-order chi connectivity index (χ0) is 23.2. The van der Waals surface area contributed by atoms with Gasteiger partial charge in [0.2, 0.25) is 5.91 Å². The van der Waals surface area contributed by atoms with Crippen LogP contribution < -0.4 is 5.32 Å². The number of carbonyl (C=O) groups is 1. The molecular weight excluding hydrogens is 453 g/mol. The van der Waals surface area contributed by atoms with Crippen molar-refractivity contribution in [2.75, 3.05) is 26.2 Å². The number of halogens is 2. The fourth-order valence-electron chi connectivity index (χ4n) is 5.03. The summed E-state index contributed by atoms with van der Waals surface area (Å²) in [5.74, 6) is 1.06. The van der Waals surface area contributed by atoms with Gasteiger partial charge in [-0.15, -0.1) is 0 Å². The lowest BCUT2D eigenvalue weighted by molar-refractivity contribution is -0.126. The largest absolute Gasteiger partial charge is 0.352 e. The summed E-state index contributed by atoms with van der Waals surface area (Å²) < 4.78 is 0. The first-order chi connectivity index (χ1) is 16.0. The van der Waals surface area contributed by atoms with Gasteiger partial charge in [-0.2, -0.15) is 0 Å². The van der Waals surface area contributed by atoms with Crippen molar-refractivity contribution in [1.82, 2.24) is 15.1 Å². The Morgan fingerprint density at radius 3 is 2.36 bits per heavy atom. The van der Waals surface area contributed by atoms with Crippen LogP contribution in [0.4, 0.5) is 0 Å². The number of nitrogens with zero attached hydrogens (tertiary/aromatic N) is 2. The van der Waals surface area contributed by atoms with E-state index in [4.69, 9.17) is 23.2 Å². The second kappa shape index (κ2) is 11.7. The maximum absolute atomic E-state index is 12.7. The average Bonchev–Trinajstić information content (AvgIpc) is 2.81. The van der Waals surface area contributed by atoms with Crippen LogP contribution in [0.5, 0.6) is 0 Å². The lowest BCUT2D eigenvalue weighted by atomic mass is 9.95. The molecule has 4 nitrogen and oxygen atoms in total. The maximum Gasteiger partial charge on any atom is 0.223 e. The van der Waals surface area contributed by atoms with Gasteiger partial charge in [-0.3, -0.25) is 14.6 Å². The van der Waals surface area contributed by atoms with Gasteiger partial charge >= 0.3 is 0 Å². The van der Waals surface area contributed by atoms with Crippen molar-refractivity contribution >= 4 is 29.1 Å². The summed E-state index contributed by atoms with van der Waals surface area (Å²) in [5, 5.41) is 4.52. The number of hydrogen-bond acceptors (Lipinski definition) is 3. The van der Waals surface area contributed by atoms with E-state index in [0.717, 1.165) is 56.1 Å². The third-order valence-electron chi connectivity index (χ3n) is 7.00. The van der Waals surface area contributed by atoms with Crippen LogP contribution in [0.2, 0.25) is 10.0 Å². The highest BCUT2D eigenvalue weighted by Gasteiger charge is 2.25. The van der Waals surface area contributed by atoms with Gasteiger partial charge in [0.1, 0.15) is 0 Å². The van der Waals surface area contributed by atoms with E-state index in [1.807, 2.05) is 12.1 Å². The number of carbonyl (C=O) groups excluding carboxylic acids is 1. The Hall–Kier alpha value is -1.59. The molecule has 2 saturated heterocycles. The van der Waals surface area contributed by atoms with Gasteiger partial charge in [-0.25, -0.2) is 0 Å². The highest BCUT2D eigenvalue weighted by molar-refractivity contribution is 6.35. The highest BCUT2D eigenvalue weighted by atomic mass is 35.5. The summed E-state index contributed by atoms with van der Waals surface area (Å²) in [4.78, 5) is 17.6. The third-order valence-corrected chi connectivity index (χ3v) is 7.59. The Labute approximate surface area is 208 Å². The normalized spacial score (nSPS) is 20.6. The van der Waals surface area contributed by atoms with Crippen molar-refractivity contribution < 1.29 is 4.79 Å². The SMILES string of the molecule is CC1CCCN(Cc2ccc(CNC(=O)C3CCN(Cc4ccc(Cl)cc4Cl)CC3)cc2)C1. The van der Waals surface area contributed by atoms with Crippen molar-refractivity contribution in [1.29, 1.82) is 0 Å². The molecule has 4 rings (SSSR count). The Morgan fingerprint density at radius 2 is 1.67 bits per heavy atom. The van der Waals surface area contributed by atoms with Gasteiger partial charge < -0.3 is 5.32 Å². The molecule has 0 radical (unpaired) electrons. The number of nitrogens with one attached hydrogen (secondary N) is 1. The van der Waals surface area contributed by atoms with Crippen LogP contribution >= 0.6 is 23.2 Å². The van der Waals surface area contributed by atoms with Gasteiger partial charge in [-0.1, -0.05) is 60.5 Å². The molecular formula is C27H35Cl2N3O. The van der Waals surface area contributed by atoms with Gasteiger partial charge in [0.25, 0.3) is 0 Å². The molecule has 2 fully saturated rings. The zero-order valence-electron chi connectivity index (χ0n) is 19.5. The molecule has 2 aliphatic heterocycles. The first-order valence-corrected chi connectivity index (χ1v) is 13.0. The summed E-state index contributed by atoms with van der Waals surface area (Å²) >= 11 is 12.3. The van der Waals surface area contributed by atoms with E-state index in [0.29, 0.717) is 16.6 Å². The number of hydrogen-bond donors (Lipinski definition) is 1. The second-order valence-electron chi connectivity index (χ2n) is 9.80. The molecule has 2 heterocycles. The van der Waals surface area contributed by atoms with Gasteiger partial charge in [0.05, 0.1) is 0 Å². The zero-order valence-corrected chi connectivity index (χ0v) is 21.0. The Morgan fingerprint density at radius 1 is 0.939 bits per heavy atom. The quantitative estimate of drug-likeness (QED) is 0.539. The predicted octanol–water partition coefficient (Wildman–Crippen LogP) is 5.75. The molecule has 1 amide bonds. The van der Waals surface area contributed by atoms with Crippen LogP contribution in [0.1, 0.15) is 49.3 Å². The topological polar surface area (TPSA) is 35.6 Å². The van der Waals surface area contributed by atoms with Crippen molar-refractivity contribution in [2.45, 2.75) is 52.2 Å². The van der Waals surface area contributed by atoms with Crippen molar-refractivity contribution in [3.8, 4) is 0 Å². The van der Waals surface area contributed by atoms with Crippen molar-refractivity contribution in [3.63, 3.8) is 0 Å². The van der Waals surface area contributed by atoms with E-state index in [2.05, 4.69) is 46.3 Å². The van der Waals surface area contributed by atoms with Crippen LogP contribution in [0.15, 0.2) is 42.5 Å². The average molecular weight is 489 g/mol. The molecule has 0 bridgehead atoms. The Bertz CT molecular complexity index is 925. The molecule has 0 aliphatic carbocycles. The minimum absolute atomic E-state index is 0.0855. The van der Waals surface area contributed by atoms with Gasteiger partial charge in [-0.05, 0) is 80.1 Å². The molecule has 0 saturated carbocycles. The molecule has 1 N–H and O–H groups in total. The number of benzene rings is 2. The lowest BCUT2D eigenvalue weighted by Crippen LogP contribution is -2.40. The van der Waals surface area contributed by atoms with Crippen molar-refractivity contribution in [3.05, 3.63) is 69.2 Å². The minimum Gasteiger partial charge on any atom is -0.352 e. The van der Waals surface area contributed by atoms with Gasteiger partial charge in [0, 0.05) is 42.1 Å². The molecule has 2 aliphatic rings. The number of amides is 1. The van der Waals surface area contributed by atoms with E-state index in [1.54, 1.807) is 6.07 Å². The Balaban J connectivity index is 1.18. The molecule has 178 valence electrons. The van der Waals surface area contributed by atoms with E-state index < -0.39 is 0 Å². The number of rotatable bonds is 7. The molecule has 2 aromatic carbocycles. The molecule has 0 spiro atoms. The van der Waals surface area contributed by atoms with E-state index in [-0.39, 0.29) is 11.8 Å². The smallest absolute Gasteiger partial charge is 0.223 e. The predicted molar refractivity (Wildman–Crippen MR) is 136 cm³/mol. The van der Waals surface area contributed by atoms with E-state index >= 15 is 0 Å². The highest BCUT2D eigenvalue weighted by Crippen LogP contribution is 2.25. The molecule has 33 heavy (non-hydrogen) atoms. The minimum atomic E-state index is 0.0855. The van der Waals surface area contributed by atoms with Crippen LogP contribution in [0, 0.1) is 11.8 Å². The standard InChI is InChI=1S/C27H35Cl2N3O/c1-20-3-2-12-32(17-20)18-22-6-4-21(5-7-22)16-30-27(33)23-10-13-31(14-11-23)19-24-8-9-25(28)15-26(24)29/h4-9,15,20,23H,2-3,10-14,16-19H2,1H3,(H,30,33). The number of piperidine rings is 2. The molecule has 1 atom stereocenters. The van der Waals surface area contributed by atoms with E-state index in [9.17, 15) is 4.79 Å². The second-order valence-corrected chi connectivity index (χ2v) is 10.6. The summed E-state index contributed by atoms with van der Waals surface area (Å²) in [5.41, 5.74) is 3.60. The van der Waals surface area contributed by atoms with Crippen LogP contribution in [-0.2, 0) is 24.4 Å². The summed E-state index contributed by atoms with van der Waals surface area (Å²) in [6, 6.07) is 14.4. The first kappa shape index (κ1) is 24.5. The third kappa shape index (κ3) is 7.19. The molecule has 1 unspecified atom stereocenters. The van der Waals surface area contributed by atoms with E-state index in [1.165, 1.54) is 31.5 Å². The van der Waals surface area contributed by atoms with Crippen LogP contribution in [0.3, 0.4) is 0 Å². The molecule has 2 aromatic rings. The summed E-state index contributed by atoms with van der Waals surface area (Å²) in [6.07, 6.45) is 4.42. The fraction of sp³-hybridized carbons (Fsp3) is 0.519. The maximum atomic E-state index is 12.7. The molecule has 0 aromatic heterocycles. The monoisotopic (exact) mass is 487 g/mol. The van der Waals surface area contributed by atoms with Crippen LogP contribution in [-0.4, -0.2) is 41.9 Å². The van der Waals surface area contributed by atoms with Crippen LogP contribution in [0.25, 0.3) is 0 Å². The summed E-state index contributed by atoms with van der Waals surface area (Å²) in [6.45, 7) is 8.97. The van der Waals surface area contributed by atoms with Gasteiger partial charge in [0.15, 0.2) is 0 Å². The van der Waals surface area contributed by atoms with Crippen molar-refractivity contribution in [2.24, 2.45) is 11.8 Å². The molecule has 6 heteroatoms. The lowest BCUT2D eigenvalue weighted by Gasteiger charge is -2.31.